The zero-order valence-corrected chi connectivity index (χ0v) is 11.2. The highest BCUT2D eigenvalue weighted by Gasteiger charge is 2.21. The van der Waals surface area contributed by atoms with Crippen LogP contribution < -0.4 is 10.6 Å². The fourth-order valence-corrected chi connectivity index (χ4v) is 2.28. The number of fused-ring (bicyclic) bond motifs is 1. The highest BCUT2D eigenvalue weighted by molar-refractivity contribution is 5.81. The molecule has 0 aliphatic carbocycles. The van der Waals surface area contributed by atoms with Gasteiger partial charge in [0.1, 0.15) is 11.9 Å². The Kier molecular flexibility index (Phi) is 3.94. The molecule has 0 spiro atoms. The van der Waals surface area contributed by atoms with Gasteiger partial charge in [-0.2, -0.15) is 0 Å². The molecule has 6 nitrogen and oxygen atoms in total. The maximum Gasteiger partial charge on any atom is 0.250 e. The third-order valence-electron chi connectivity index (χ3n) is 3.32. The number of hydrogen-bond donors (Lipinski definition) is 3. The van der Waals surface area contributed by atoms with E-state index in [1.54, 1.807) is 0 Å². The molecule has 1 aromatic heterocycles. The van der Waals surface area contributed by atoms with Crippen LogP contribution in [0.2, 0.25) is 0 Å². The standard InChI is InChI=1S/C14H18N4O2/c19-14(12-9-15-7-8-20-12)16-6-5-13-17-10-3-1-2-4-11(10)18-13/h1-4,12,15H,5-9H2,(H,16,19)(H,17,18)/t12-/m1/s1. The van der Waals surface area contributed by atoms with E-state index >= 15 is 0 Å². The summed E-state index contributed by atoms with van der Waals surface area (Å²) in [5.41, 5.74) is 1.97. The second kappa shape index (κ2) is 6.02. The average Bonchev–Trinajstić information content (AvgIpc) is 2.90. The van der Waals surface area contributed by atoms with Crippen LogP contribution in [-0.2, 0) is 16.0 Å². The van der Waals surface area contributed by atoms with Crippen LogP contribution in [0.4, 0.5) is 0 Å². The Hall–Kier alpha value is -1.92. The van der Waals surface area contributed by atoms with Gasteiger partial charge in [-0.05, 0) is 12.1 Å². The van der Waals surface area contributed by atoms with Crippen LogP contribution in [0, 0.1) is 0 Å². The summed E-state index contributed by atoms with van der Waals surface area (Å²) in [5, 5.41) is 6.02. The number of carbonyl (C=O) groups excluding carboxylic acids is 1. The molecule has 1 atom stereocenters. The highest BCUT2D eigenvalue weighted by Crippen LogP contribution is 2.10. The summed E-state index contributed by atoms with van der Waals surface area (Å²) in [7, 11) is 0. The lowest BCUT2D eigenvalue weighted by molar-refractivity contribution is -0.134. The van der Waals surface area contributed by atoms with Crippen molar-refractivity contribution in [3.8, 4) is 0 Å². The number of nitrogens with zero attached hydrogens (tertiary/aromatic N) is 1. The molecule has 0 unspecified atom stereocenters. The van der Waals surface area contributed by atoms with Gasteiger partial charge in [-0.3, -0.25) is 4.79 Å². The van der Waals surface area contributed by atoms with Crippen molar-refractivity contribution in [1.82, 2.24) is 20.6 Å². The fourth-order valence-electron chi connectivity index (χ4n) is 2.28. The van der Waals surface area contributed by atoms with Crippen LogP contribution in [0.15, 0.2) is 24.3 Å². The molecule has 1 fully saturated rings. The van der Waals surface area contributed by atoms with Gasteiger partial charge in [0.2, 0.25) is 5.91 Å². The number of imidazole rings is 1. The van der Waals surface area contributed by atoms with Crippen LogP contribution in [0.25, 0.3) is 11.0 Å². The first-order chi connectivity index (χ1) is 9.83. The number of H-pyrrole nitrogens is 1. The highest BCUT2D eigenvalue weighted by atomic mass is 16.5. The van der Waals surface area contributed by atoms with Gasteiger partial charge in [0, 0.05) is 26.1 Å². The lowest BCUT2D eigenvalue weighted by Crippen LogP contribution is -2.48. The number of nitrogens with one attached hydrogen (secondary N) is 3. The summed E-state index contributed by atoms with van der Waals surface area (Å²) < 4.78 is 5.39. The number of ether oxygens (including phenoxy) is 1. The zero-order valence-electron chi connectivity index (χ0n) is 11.2. The van der Waals surface area contributed by atoms with E-state index in [0.717, 1.165) is 23.4 Å². The monoisotopic (exact) mass is 274 g/mol. The molecular formula is C14H18N4O2. The molecule has 0 saturated carbocycles. The molecule has 1 amide bonds. The number of aromatic nitrogens is 2. The minimum Gasteiger partial charge on any atom is -0.366 e. The van der Waals surface area contributed by atoms with E-state index in [1.165, 1.54) is 0 Å². The maximum atomic E-state index is 11.9. The van der Waals surface area contributed by atoms with E-state index in [2.05, 4.69) is 20.6 Å². The van der Waals surface area contributed by atoms with Crippen molar-refractivity contribution < 1.29 is 9.53 Å². The SMILES string of the molecule is O=C(NCCc1nc2ccccc2[nH]1)[C@H]1CNCCO1. The van der Waals surface area contributed by atoms with Crippen molar-refractivity contribution in [1.29, 1.82) is 0 Å². The van der Waals surface area contributed by atoms with Gasteiger partial charge in [-0.15, -0.1) is 0 Å². The summed E-state index contributed by atoms with van der Waals surface area (Å²) in [4.78, 5) is 19.6. The Morgan fingerprint density at radius 3 is 3.15 bits per heavy atom. The second-order valence-electron chi connectivity index (χ2n) is 4.81. The summed E-state index contributed by atoms with van der Waals surface area (Å²) in [6.45, 7) is 2.53. The van der Waals surface area contributed by atoms with Crippen LogP contribution in [0.3, 0.4) is 0 Å². The predicted molar refractivity (Wildman–Crippen MR) is 75.4 cm³/mol. The molecule has 0 radical (unpaired) electrons. The third kappa shape index (κ3) is 2.97. The number of carbonyl (C=O) groups is 1. The van der Waals surface area contributed by atoms with Crippen molar-refractivity contribution >= 4 is 16.9 Å². The van der Waals surface area contributed by atoms with E-state index in [1.807, 2.05) is 24.3 Å². The van der Waals surface area contributed by atoms with Gasteiger partial charge in [-0.1, -0.05) is 12.1 Å². The number of amides is 1. The van der Waals surface area contributed by atoms with Gasteiger partial charge in [0.15, 0.2) is 0 Å². The summed E-state index contributed by atoms with van der Waals surface area (Å²) in [6.07, 6.45) is 0.306. The van der Waals surface area contributed by atoms with Crippen molar-refractivity contribution in [2.45, 2.75) is 12.5 Å². The predicted octanol–water partition coefficient (Wildman–Crippen LogP) is 0.210. The average molecular weight is 274 g/mol. The summed E-state index contributed by atoms with van der Waals surface area (Å²) in [6, 6.07) is 7.89. The van der Waals surface area contributed by atoms with Gasteiger partial charge in [-0.25, -0.2) is 4.98 Å². The lowest BCUT2D eigenvalue weighted by atomic mass is 10.3. The van der Waals surface area contributed by atoms with Crippen LogP contribution in [0.1, 0.15) is 5.82 Å². The Morgan fingerprint density at radius 1 is 1.45 bits per heavy atom. The van der Waals surface area contributed by atoms with Crippen molar-refractivity contribution in [3.05, 3.63) is 30.1 Å². The number of hydrogen-bond acceptors (Lipinski definition) is 4. The van der Waals surface area contributed by atoms with Crippen molar-refractivity contribution in [2.75, 3.05) is 26.2 Å². The van der Waals surface area contributed by atoms with Gasteiger partial charge < -0.3 is 20.4 Å². The molecule has 2 aromatic rings. The molecule has 3 N–H and O–H groups in total. The Balaban J connectivity index is 1.50. The van der Waals surface area contributed by atoms with Crippen molar-refractivity contribution in [3.63, 3.8) is 0 Å². The number of benzene rings is 1. The largest absolute Gasteiger partial charge is 0.366 e. The zero-order chi connectivity index (χ0) is 13.8. The number of morpholine rings is 1. The second-order valence-corrected chi connectivity index (χ2v) is 4.81. The Morgan fingerprint density at radius 2 is 2.35 bits per heavy atom. The van der Waals surface area contributed by atoms with E-state index < -0.39 is 0 Å². The molecule has 6 heteroatoms. The molecule has 1 saturated heterocycles. The molecular weight excluding hydrogens is 256 g/mol. The van der Waals surface area contributed by atoms with E-state index in [0.29, 0.717) is 26.1 Å². The maximum absolute atomic E-state index is 11.9. The minimum atomic E-state index is -0.376. The first kappa shape index (κ1) is 13.1. The number of aromatic amines is 1. The summed E-state index contributed by atoms with van der Waals surface area (Å²) >= 11 is 0. The van der Waals surface area contributed by atoms with Crippen molar-refractivity contribution in [2.24, 2.45) is 0 Å². The van der Waals surface area contributed by atoms with Crippen LogP contribution in [0.5, 0.6) is 0 Å². The van der Waals surface area contributed by atoms with Gasteiger partial charge in [0.25, 0.3) is 0 Å². The number of para-hydroxylation sites is 2. The van der Waals surface area contributed by atoms with E-state index in [9.17, 15) is 4.79 Å². The quantitative estimate of drug-likeness (QED) is 0.744. The van der Waals surface area contributed by atoms with E-state index in [4.69, 9.17) is 4.74 Å². The van der Waals surface area contributed by atoms with Gasteiger partial charge >= 0.3 is 0 Å². The van der Waals surface area contributed by atoms with Crippen LogP contribution in [-0.4, -0.2) is 48.2 Å². The number of rotatable bonds is 4. The smallest absolute Gasteiger partial charge is 0.250 e. The first-order valence-corrected chi connectivity index (χ1v) is 6.86. The van der Waals surface area contributed by atoms with E-state index in [-0.39, 0.29) is 12.0 Å². The minimum absolute atomic E-state index is 0.0617. The Bertz CT molecular complexity index is 557. The van der Waals surface area contributed by atoms with Crippen LogP contribution >= 0.6 is 0 Å². The molecule has 1 aromatic carbocycles. The normalized spacial score (nSPS) is 19.1. The third-order valence-corrected chi connectivity index (χ3v) is 3.32. The molecule has 0 bridgehead atoms. The molecule has 2 heterocycles. The Labute approximate surface area is 116 Å². The molecule has 1 aliphatic heterocycles. The fraction of sp³-hybridized carbons (Fsp3) is 0.429. The molecule has 3 rings (SSSR count). The topological polar surface area (TPSA) is 79.0 Å². The first-order valence-electron chi connectivity index (χ1n) is 6.86. The summed E-state index contributed by atoms with van der Waals surface area (Å²) in [5.74, 6) is 0.822. The molecule has 1 aliphatic rings. The molecule has 106 valence electrons. The molecule has 20 heavy (non-hydrogen) atoms. The lowest BCUT2D eigenvalue weighted by Gasteiger charge is -2.22. The van der Waals surface area contributed by atoms with Gasteiger partial charge in [0.05, 0.1) is 17.6 Å².